The Kier molecular flexibility index (Phi) is 5.16. The summed E-state index contributed by atoms with van der Waals surface area (Å²) in [4.78, 5) is 25.4. The Hall–Kier alpha value is -1.30. The summed E-state index contributed by atoms with van der Waals surface area (Å²) in [5, 5.41) is 0.0656. The molecule has 1 aliphatic carbocycles. The van der Waals surface area contributed by atoms with Crippen LogP contribution in [0, 0.1) is 11.3 Å². The molecular weight excluding hydrogens is 348 g/mol. The van der Waals surface area contributed by atoms with Gasteiger partial charge in [-0.1, -0.05) is 20.8 Å². The summed E-state index contributed by atoms with van der Waals surface area (Å²) in [5.41, 5.74) is -0.693. The molecule has 1 aliphatic heterocycles. The summed E-state index contributed by atoms with van der Waals surface area (Å²) in [5.74, 6) is -0.429. The van der Waals surface area contributed by atoms with E-state index in [-0.39, 0.29) is 23.6 Å². The van der Waals surface area contributed by atoms with E-state index in [2.05, 4.69) is 33.9 Å². The minimum atomic E-state index is -2.02. The van der Waals surface area contributed by atoms with Crippen LogP contribution in [0.4, 0.5) is 0 Å². The number of rotatable bonds is 3. The minimum absolute atomic E-state index is 0.0656. The number of carbonyl (C=O) groups is 2. The third-order valence-corrected chi connectivity index (χ3v) is 10.3. The van der Waals surface area contributed by atoms with Crippen molar-refractivity contribution in [3.63, 3.8) is 0 Å². The second-order valence-corrected chi connectivity index (χ2v) is 14.9. The molecule has 0 amide bonds. The maximum absolute atomic E-state index is 13.0. The molecule has 5 nitrogen and oxygen atoms in total. The minimum Gasteiger partial charge on any atom is -0.547 e. The van der Waals surface area contributed by atoms with Crippen molar-refractivity contribution >= 4 is 20.3 Å². The first-order valence-electron chi connectivity index (χ1n) is 9.39. The summed E-state index contributed by atoms with van der Waals surface area (Å²) < 4.78 is 17.5. The standard InChI is InChI=1S/C20H34O5Si/c1-13-14(25-26(8,9)19(5,6)7)10-11-20(12-23-16(21)15(13)20)17(22)24-18(2,3)4/h15H,10-12H2,1-9H3/t15-,20-/m1/s1. The van der Waals surface area contributed by atoms with E-state index in [4.69, 9.17) is 13.9 Å². The molecule has 0 N–H and O–H groups in total. The molecule has 0 aromatic carbocycles. The molecule has 2 rings (SSSR count). The maximum atomic E-state index is 13.0. The van der Waals surface area contributed by atoms with E-state index < -0.39 is 25.3 Å². The molecule has 1 fully saturated rings. The smallest absolute Gasteiger partial charge is 0.317 e. The molecule has 0 bridgehead atoms. The summed E-state index contributed by atoms with van der Waals surface area (Å²) in [7, 11) is -2.02. The monoisotopic (exact) mass is 382 g/mol. The Morgan fingerprint density at radius 3 is 2.27 bits per heavy atom. The van der Waals surface area contributed by atoms with Crippen molar-refractivity contribution in [2.75, 3.05) is 6.61 Å². The lowest BCUT2D eigenvalue weighted by Gasteiger charge is -2.42. The van der Waals surface area contributed by atoms with Crippen LogP contribution in [-0.2, 0) is 23.5 Å². The van der Waals surface area contributed by atoms with Crippen molar-refractivity contribution in [3.05, 3.63) is 11.3 Å². The molecule has 0 aromatic rings. The first kappa shape index (κ1) is 21.0. The van der Waals surface area contributed by atoms with E-state index in [0.29, 0.717) is 12.8 Å². The number of ether oxygens (including phenoxy) is 2. The lowest BCUT2D eigenvalue weighted by Crippen LogP contribution is -2.47. The zero-order valence-corrected chi connectivity index (χ0v) is 18.7. The lowest BCUT2D eigenvalue weighted by atomic mass is 9.67. The Morgan fingerprint density at radius 1 is 1.19 bits per heavy atom. The summed E-state index contributed by atoms with van der Waals surface area (Å²) in [6, 6.07) is 0. The Labute approximate surface area is 158 Å². The van der Waals surface area contributed by atoms with Crippen molar-refractivity contribution in [2.45, 2.75) is 85.0 Å². The molecule has 0 saturated carbocycles. The van der Waals surface area contributed by atoms with Gasteiger partial charge in [-0.05, 0) is 57.8 Å². The third kappa shape index (κ3) is 3.71. The molecule has 1 saturated heterocycles. The Balaban J connectivity index is 2.38. The molecule has 148 valence electrons. The molecule has 6 heteroatoms. The summed E-state index contributed by atoms with van der Waals surface area (Å²) in [6.45, 7) is 18.5. The van der Waals surface area contributed by atoms with E-state index in [1.807, 2.05) is 27.7 Å². The van der Waals surface area contributed by atoms with E-state index >= 15 is 0 Å². The highest BCUT2D eigenvalue weighted by atomic mass is 28.4. The van der Waals surface area contributed by atoms with E-state index in [1.165, 1.54) is 0 Å². The number of cyclic esters (lactones) is 1. The van der Waals surface area contributed by atoms with E-state index in [1.54, 1.807) is 0 Å². The highest BCUT2D eigenvalue weighted by Crippen LogP contribution is 2.51. The van der Waals surface area contributed by atoms with Gasteiger partial charge in [0.2, 0.25) is 8.32 Å². The van der Waals surface area contributed by atoms with E-state index in [9.17, 15) is 9.59 Å². The average molecular weight is 383 g/mol. The molecule has 0 unspecified atom stereocenters. The molecule has 2 aliphatic rings. The largest absolute Gasteiger partial charge is 0.547 e. The molecular formula is C20H34O5Si. The predicted molar refractivity (Wildman–Crippen MR) is 103 cm³/mol. The lowest BCUT2D eigenvalue weighted by molar-refractivity contribution is -0.170. The normalized spacial score (nSPS) is 27.1. The number of esters is 2. The van der Waals surface area contributed by atoms with E-state index in [0.717, 1.165) is 11.3 Å². The van der Waals surface area contributed by atoms with Crippen LogP contribution < -0.4 is 0 Å². The topological polar surface area (TPSA) is 61.8 Å². The fourth-order valence-corrected chi connectivity index (χ4v) is 4.53. The van der Waals surface area contributed by atoms with Crippen LogP contribution >= 0.6 is 0 Å². The van der Waals surface area contributed by atoms with Crippen molar-refractivity contribution in [2.24, 2.45) is 11.3 Å². The number of allylic oxidation sites excluding steroid dienone is 1. The van der Waals surface area contributed by atoms with Crippen LogP contribution in [0.15, 0.2) is 11.3 Å². The van der Waals surface area contributed by atoms with Crippen LogP contribution in [-0.4, -0.2) is 32.5 Å². The van der Waals surface area contributed by atoms with Gasteiger partial charge in [0.05, 0.1) is 5.76 Å². The SMILES string of the molecule is CC1=C(O[Si](C)(C)C(C)(C)C)CC[C@@]2(C(=O)OC(C)(C)C)COC(=O)[C@@H]12. The quantitative estimate of drug-likeness (QED) is 0.528. The fraction of sp³-hybridized carbons (Fsp3) is 0.800. The average Bonchev–Trinajstić information content (AvgIpc) is 2.78. The maximum Gasteiger partial charge on any atom is 0.317 e. The summed E-state index contributed by atoms with van der Waals surface area (Å²) >= 11 is 0. The molecule has 0 radical (unpaired) electrons. The first-order chi connectivity index (χ1) is 11.6. The van der Waals surface area contributed by atoms with Gasteiger partial charge in [-0.3, -0.25) is 9.59 Å². The van der Waals surface area contributed by atoms with Crippen molar-refractivity contribution in [3.8, 4) is 0 Å². The van der Waals surface area contributed by atoms with Gasteiger partial charge in [-0.25, -0.2) is 0 Å². The van der Waals surface area contributed by atoms with Crippen LogP contribution in [0.5, 0.6) is 0 Å². The number of fused-ring (bicyclic) bond motifs is 1. The number of carbonyl (C=O) groups excluding carboxylic acids is 2. The zero-order chi connectivity index (χ0) is 20.1. The highest BCUT2D eigenvalue weighted by molar-refractivity contribution is 6.74. The fourth-order valence-electron chi connectivity index (χ4n) is 3.35. The second kappa shape index (κ2) is 6.39. The van der Waals surface area contributed by atoms with Gasteiger partial charge >= 0.3 is 11.9 Å². The van der Waals surface area contributed by atoms with Crippen molar-refractivity contribution < 1.29 is 23.5 Å². The van der Waals surface area contributed by atoms with Crippen LogP contribution in [0.3, 0.4) is 0 Å². The van der Waals surface area contributed by atoms with Gasteiger partial charge in [-0.15, -0.1) is 0 Å². The predicted octanol–water partition coefficient (Wildman–Crippen LogP) is 4.58. The first-order valence-corrected chi connectivity index (χ1v) is 12.3. The van der Waals surface area contributed by atoms with Gasteiger partial charge < -0.3 is 13.9 Å². The molecule has 1 heterocycles. The summed E-state index contributed by atoms with van der Waals surface area (Å²) in [6.07, 6.45) is 1.14. The zero-order valence-electron chi connectivity index (χ0n) is 17.7. The van der Waals surface area contributed by atoms with Gasteiger partial charge in [0.1, 0.15) is 23.5 Å². The number of hydrogen-bond acceptors (Lipinski definition) is 5. The van der Waals surface area contributed by atoms with Gasteiger partial charge in [0, 0.05) is 6.42 Å². The third-order valence-electron chi connectivity index (χ3n) is 5.92. The molecule has 26 heavy (non-hydrogen) atoms. The van der Waals surface area contributed by atoms with Crippen LogP contribution in [0.25, 0.3) is 0 Å². The Bertz CT molecular complexity index is 636. The molecule has 2 atom stereocenters. The van der Waals surface area contributed by atoms with Gasteiger partial charge in [0.15, 0.2) is 0 Å². The number of hydrogen-bond donors (Lipinski definition) is 0. The molecule has 0 spiro atoms. The van der Waals surface area contributed by atoms with Crippen molar-refractivity contribution in [1.29, 1.82) is 0 Å². The van der Waals surface area contributed by atoms with Crippen LogP contribution in [0.1, 0.15) is 61.3 Å². The van der Waals surface area contributed by atoms with Crippen LogP contribution in [0.2, 0.25) is 18.1 Å². The van der Waals surface area contributed by atoms with Gasteiger partial charge in [-0.2, -0.15) is 0 Å². The van der Waals surface area contributed by atoms with Crippen molar-refractivity contribution in [1.82, 2.24) is 0 Å². The molecule has 0 aromatic heterocycles. The second-order valence-electron chi connectivity index (χ2n) is 10.2. The Morgan fingerprint density at radius 2 is 1.77 bits per heavy atom. The van der Waals surface area contributed by atoms with Gasteiger partial charge in [0.25, 0.3) is 0 Å². The highest BCUT2D eigenvalue weighted by Gasteiger charge is 2.60.